The van der Waals surface area contributed by atoms with E-state index in [0.717, 1.165) is 19.3 Å². The lowest BCUT2D eigenvalue weighted by molar-refractivity contribution is -0.0210. The molecule has 0 bridgehead atoms. The Balaban J connectivity index is 1.51. The van der Waals surface area contributed by atoms with Crippen molar-refractivity contribution in [1.82, 2.24) is 0 Å². The molecule has 1 heterocycles. The molecule has 1 saturated heterocycles. The van der Waals surface area contributed by atoms with E-state index in [0.29, 0.717) is 30.1 Å². The predicted octanol–water partition coefficient (Wildman–Crippen LogP) is 8.41. The largest absolute Gasteiger partial charge is 0.494 e. The van der Waals surface area contributed by atoms with Crippen molar-refractivity contribution >= 4 is 0 Å². The summed E-state index contributed by atoms with van der Waals surface area (Å²) in [5, 5.41) is 0. The molecular formula is C29H28F4O2. The number of ether oxygens (including phenoxy) is 2. The van der Waals surface area contributed by atoms with E-state index in [2.05, 4.69) is 6.08 Å². The molecule has 0 aromatic heterocycles. The summed E-state index contributed by atoms with van der Waals surface area (Å²) in [7, 11) is 1.26. The fourth-order valence-electron chi connectivity index (χ4n) is 4.56. The van der Waals surface area contributed by atoms with Crippen molar-refractivity contribution in [2.75, 3.05) is 13.7 Å². The van der Waals surface area contributed by atoms with E-state index in [4.69, 9.17) is 9.47 Å². The van der Waals surface area contributed by atoms with Crippen LogP contribution in [0.1, 0.15) is 44.3 Å². The Morgan fingerprint density at radius 3 is 2.03 bits per heavy atom. The Labute approximate surface area is 203 Å². The molecule has 3 aromatic rings. The van der Waals surface area contributed by atoms with Crippen LogP contribution in [0.15, 0.2) is 60.7 Å². The van der Waals surface area contributed by atoms with Crippen LogP contribution < -0.4 is 4.74 Å². The van der Waals surface area contributed by atoms with Crippen LogP contribution in [-0.2, 0) is 4.74 Å². The number of hydrogen-bond acceptors (Lipinski definition) is 2. The molecule has 1 fully saturated rings. The highest BCUT2D eigenvalue weighted by Crippen LogP contribution is 2.37. The van der Waals surface area contributed by atoms with Gasteiger partial charge in [0, 0.05) is 16.7 Å². The van der Waals surface area contributed by atoms with Crippen LogP contribution in [-0.4, -0.2) is 13.7 Å². The van der Waals surface area contributed by atoms with Gasteiger partial charge in [-0.15, -0.1) is 0 Å². The molecule has 6 heteroatoms. The second-order valence-corrected chi connectivity index (χ2v) is 8.76. The van der Waals surface area contributed by atoms with Crippen molar-refractivity contribution in [2.45, 2.75) is 38.7 Å². The van der Waals surface area contributed by atoms with Gasteiger partial charge in [0.05, 0.1) is 19.8 Å². The molecule has 0 N–H and O–H groups in total. The van der Waals surface area contributed by atoms with E-state index in [-0.39, 0.29) is 22.4 Å². The molecule has 35 heavy (non-hydrogen) atoms. The van der Waals surface area contributed by atoms with E-state index < -0.39 is 29.4 Å². The van der Waals surface area contributed by atoms with Gasteiger partial charge in [0.15, 0.2) is 23.2 Å². The predicted molar refractivity (Wildman–Crippen MR) is 129 cm³/mol. The van der Waals surface area contributed by atoms with Crippen molar-refractivity contribution in [3.05, 3.63) is 89.5 Å². The van der Waals surface area contributed by atoms with Crippen LogP contribution in [0, 0.1) is 29.2 Å². The highest BCUT2D eigenvalue weighted by molar-refractivity contribution is 5.71. The summed E-state index contributed by atoms with van der Waals surface area (Å²) in [6, 6.07) is 12.1. The quantitative estimate of drug-likeness (QED) is 0.248. The zero-order valence-electron chi connectivity index (χ0n) is 19.8. The smallest absolute Gasteiger partial charge is 0.201 e. The van der Waals surface area contributed by atoms with Crippen LogP contribution >= 0.6 is 0 Å². The van der Waals surface area contributed by atoms with E-state index in [1.165, 1.54) is 25.3 Å². The summed E-state index contributed by atoms with van der Waals surface area (Å²) in [6.45, 7) is 2.53. The molecule has 1 aliphatic rings. The fourth-order valence-corrected chi connectivity index (χ4v) is 4.56. The Hall–Kier alpha value is -3.12. The average Bonchev–Trinajstić information content (AvgIpc) is 2.88. The molecule has 0 spiro atoms. The number of benzene rings is 3. The minimum atomic E-state index is -1.08. The summed E-state index contributed by atoms with van der Waals surface area (Å²) >= 11 is 0. The summed E-state index contributed by atoms with van der Waals surface area (Å²) in [4.78, 5) is 0. The topological polar surface area (TPSA) is 18.5 Å². The van der Waals surface area contributed by atoms with Crippen molar-refractivity contribution in [2.24, 2.45) is 5.92 Å². The average molecular weight is 485 g/mol. The van der Waals surface area contributed by atoms with Crippen molar-refractivity contribution < 1.29 is 27.0 Å². The van der Waals surface area contributed by atoms with E-state index in [1.54, 1.807) is 30.3 Å². The van der Waals surface area contributed by atoms with E-state index >= 15 is 8.78 Å². The lowest BCUT2D eigenvalue weighted by atomic mass is 9.90. The van der Waals surface area contributed by atoms with Crippen LogP contribution in [0.3, 0.4) is 0 Å². The Morgan fingerprint density at radius 2 is 1.46 bits per heavy atom. The maximum Gasteiger partial charge on any atom is 0.201 e. The first-order valence-corrected chi connectivity index (χ1v) is 11.8. The summed E-state index contributed by atoms with van der Waals surface area (Å²) in [6.07, 6.45) is 7.26. The van der Waals surface area contributed by atoms with Gasteiger partial charge in [-0.3, -0.25) is 0 Å². The molecule has 2 atom stereocenters. The molecular weight excluding hydrogens is 456 g/mol. The zero-order chi connectivity index (χ0) is 24.9. The van der Waals surface area contributed by atoms with Crippen molar-refractivity contribution in [3.63, 3.8) is 0 Å². The maximum atomic E-state index is 15.0. The third kappa shape index (κ3) is 5.27. The molecule has 1 aliphatic heterocycles. The minimum absolute atomic E-state index is 0.0512. The highest BCUT2D eigenvalue weighted by Gasteiger charge is 2.27. The SMILES string of the molecule is CC=CCCC1CCC(c2ccc(-c3ccc(-c4ccc(OC)c(F)c4F)cc3)c(F)c2F)OC1. The Kier molecular flexibility index (Phi) is 7.91. The fraction of sp³-hybridized carbons (Fsp3) is 0.310. The van der Waals surface area contributed by atoms with Gasteiger partial charge < -0.3 is 9.47 Å². The van der Waals surface area contributed by atoms with Gasteiger partial charge in [-0.1, -0.05) is 48.6 Å². The molecule has 0 amide bonds. The standard InChI is InChI=1S/C29H28F4O2/c1-3-4-5-6-18-7-15-24(35-17-18)23-13-12-21(26(30)28(23)32)19-8-10-20(11-9-19)22-14-16-25(34-2)29(33)27(22)31/h3-4,8-14,16,18,24H,5-7,15,17H2,1-2H3. The lowest BCUT2D eigenvalue weighted by Crippen LogP contribution is -2.21. The lowest BCUT2D eigenvalue weighted by Gasteiger charge is -2.29. The normalized spacial score (nSPS) is 18.2. The van der Waals surface area contributed by atoms with E-state index in [1.807, 2.05) is 13.0 Å². The summed E-state index contributed by atoms with van der Waals surface area (Å²) in [5.41, 5.74) is 1.21. The van der Waals surface area contributed by atoms with Gasteiger partial charge in [0.25, 0.3) is 0 Å². The highest BCUT2D eigenvalue weighted by atomic mass is 19.2. The second-order valence-electron chi connectivity index (χ2n) is 8.76. The van der Waals surface area contributed by atoms with Crippen molar-refractivity contribution in [3.8, 4) is 28.0 Å². The van der Waals surface area contributed by atoms with Gasteiger partial charge in [-0.25, -0.2) is 13.2 Å². The second kappa shape index (κ2) is 11.1. The maximum absolute atomic E-state index is 15.0. The molecule has 0 saturated carbocycles. The van der Waals surface area contributed by atoms with Crippen LogP contribution in [0.25, 0.3) is 22.3 Å². The number of halogens is 4. The van der Waals surface area contributed by atoms with Gasteiger partial charge >= 0.3 is 0 Å². The van der Waals surface area contributed by atoms with E-state index in [9.17, 15) is 8.78 Å². The molecule has 2 nitrogen and oxygen atoms in total. The van der Waals surface area contributed by atoms with Crippen LogP contribution in [0.5, 0.6) is 5.75 Å². The van der Waals surface area contributed by atoms with Crippen molar-refractivity contribution in [1.29, 1.82) is 0 Å². The first-order valence-electron chi connectivity index (χ1n) is 11.8. The Bertz CT molecular complexity index is 1200. The van der Waals surface area contributed by atoms with Gasteiger partial charge in [-0.2, -0.15) is 4.39 Å². The molecule has 3 aromatic carbocycles. The van der Waals surface area contributed by atoms with Gasteiger partial charge in [-0.05, 0) is 61.8 Å². The monoisotopic (exact) mass is 484 g/mol. The molecule has 0 aliphatic carbocycles. The zero-order valence-corrected chi connectivity index (χ0v) is 19.8. The Morgan fingerprint density at radius 1 is 0.829 bits per heavy atom. The number of allylic oxidation sites excluding steroid dienone is 2. The molecule has 4 rings (SSSR count). The third-order valence-corrected chi connectivity index (χ3v) is 6.58. The number of methoxy groups -OCH3 is 1. The van der Waals surface area contributed by atoms with Crippen LogP contribution in [0.2, 0.25) is 0 Å². The first kappa shape index (κ1) is 25.0. The third-order valence-electron chi connectivity index (χ3n) is 6.58. The van der Waals surface area contributed by atoms with Gasteiger partial charge in [0.2, 0.25) is 5.82 Å². The molecule has 2 unspecified atom stereocenters. The van der Waals surface area contributed by atoms with Gasteiger partial charge in [0.1, 0.15) is 0 Å². The number of rotatable bonds is 7. The minimum Gasteiger partial charge on any atom is -0.494 e. The summed E-state index contributed by atoms with van der Waals surface area (Å²) in [5.74, 6) is -3.73. The first-order chi connectivity index (χ1) is 16.9. The number of hydrogen-bond donors (Lipinski definition) is 0. The molecule has 184 valence electrons. The summed E-state index contributed by atoms with van der Waals surface area (Å²) < 4.78 is 69.2. The van der Waals surface area contributed by atoms with Crippen LogP contribution in [0.4, 0.5) is 17.6 Å². The molecule has 0 radical (unpaired) electrons.